The maximum atomic E-state index is 5.97. The Bertz CT molecular complexity index is 531. The van der Waals surface area contributed by atoms with Crippen molar-refractivity contribution < 1.29 is 0 Å². The van der Waals surface area contributed by atoms with E-state index in [1.54, 1.807) is 0 Å². The van der Waals surface area contributed by atoms with Crippen LogP contribution in [0.5, 0.6) is 0 Å². The third-order valence-electron chi connectivity index (χ3n) is 3.37. The van der Waals surface area contributed by atoms with Gasteiger partial charge in [0, 0.05) is 11.8 Å². The number of benzene rings is 2. The summed E-state index contributed by atoms with van der Waals surface area (Å²) in [6.45, 7) is 0. The van der Waals surface area contributed by atoms with Gasteiger partial charge in [0.1, 0.15) is 0 Å². The molecule has 0 amide bonds. The van der Waals surface area contributed by atoms with Gasteiger partial charge in [0.2, 0.25) is 0 Å². The van der Waals surface area contributed by atoms with Crippen LogP contribution in [-0.4, -0.2) is 19.0 Å². The topological polar surface area (TPSA) is 0 Å². The summed E-state index contributed by atoms with van der Waals surface area (Å²) in [6.07, 6.45) is 0. The van der Waals surface area contributed by atoms with Crippen molar-refractivity contribution in [1.29, 1.82) is 0 Å². The Balaban J connectivity index is 1.97. The van der Waals surface area contributed by atoms with Crippen molar-refractivity contribution in [2.45, 2.75) is 11.8 Å². The van der Waals surface area contributed by atoms with Gasteiger partial charge in [-0.1, -0.05) is 58.9 Å². The lowest BCUT2D eigenvalue weighted by molar-refractivity contribution is 1.44. The molecule has 2 rings (SSSR count). The molecule has 2 aromatic rings. The molecular formula is C16H18Cl2Si2. The first kappa shape index (κ1) is 15.6. The fourth-order valence-corrected chi connectivity index (χ4v) is 6.43. The monoisotopic (exact) mass is 336 g/mol. The Morgan fingerprint density at radius 3 is 1.50 bits per heavy atom. The largest absolute Gasteiger partial charge is 0.122 e. The molecule has 0 spiro atoms. The summed E-state index contributed by atoms with van der Waals surface area (Å²) < 4.78 is 0. The van der Waals surface area contributed by atoms with Crippen LogP contribution in [-0.2, 0) is 11.8 Å². The lowest BCUT2D eigenvalue weighted by Gasteiger charge is -2.04. The fourth-order valence-electron chi connectivity index (χ4n) is 2.19. The van der Waals surface area contributed by atoms with Gasteiger partial charge >= 0.3 is 0 Å². The summed E-state index contributed by atoms with van der Waals surface area (Å²) in [5.74, 6) is 1.23. The normalized spacial score (nSPS) is 12.3. The molecule has 0 aromatic heterocycles. The van der Waals surface area contributed by atoms with Crippen LogP contribution in [0.15, 0.2) is 59.9 Å². The molecular weight excluding hydrogens is 319 g/mol. The van der Waals surface area contributed by atoms with Crippen molar-refractivity contribution in [1.82, 2.24) is 0 Å². The highest BCUT2D eigenvalue weighted by atomic mass is 35.5. The Labute approximate surface area is 135 Å². The molecule has 0 radical (unpaired) electrons. The summed E-state index contributed by atoms with van der Waals surface area (Å²) in [5, 5.41) is 2.91. The van der Waals surface area contributed by atoms with Crippen LogP contribution >= 0.6 is 23.2 Å². The van der Waals surface area contributed by atoms with E-state index in [1.807, 2.05) is 0 Å². The van der Waals surface area contributed by atoms with Crippen molar-refractivity contribution in [3.05, 3.63) is 71.1 Å². The minimum absolute atomic E-state index is 0.349. The van der Waals surface area contributed by atoms with E-state index in [0.717, 1.165) is 0 Å². The fraction of sp³-hybridized carbons (Fsp3) is 0.125. The van der Waals surface area contributed by atoms with E-state index in [1.165, 1.54) is 21.5 Å². The van der Waals surface area contributed by atoms with Crippen molar-refractivity contribution in [3.63, 3.8) is 0 Å². The van der Waals surface area contributed by atoms with E-state index < -0.39 is 0 Å². The van der Waals surface area contributed by atoms with Crippen molar-refractivity contribution in [3.8, 4) is 0 Å². The molecule has 0 atom stereocenters. The molecule has 4 heteroatoms. The van der Waals surface area contributed by atoms with Gasteiger partial charge in [-0.3, -0.25) is 0 Å². The lowest BCUT2D eigenvalue weighted by atomic mass is 10.2. The Kier molecular flexibility index (Phi) is 6.60. The predicted molar refractivity (Wildman–Crippen MR) is 97.5 cm³/mol. The highest BCUT2D eigenvalue weighted by molar-refractivity contribution is 6.64. The molecule has 0 aliphatic rings. The SMILES string of the molecule is ClCc1ccccc1[SiH2]C=C[SiH2]c1ccccc1CCl. The summed E-state index contributed by atoms with van der Waals surface area (Å²) in [7, 11) is -0.698. The molecule has 0 aliphatic heterocycles. The van der Waals surface area contributed by atoms with E-state index in [4.69, 9.17) is 23.2 Å². The second kappa shape index (κ2) is 8.47. The molecule has 2 aromatic carbocycles. The van der Waals surface area contributed by atoms with Crippen LogP contribution in [0.2, 0.25) is 0 Å². The molecule has 0 heterocycles. The van der Waals surface area contributed by atoms with Gasteiger partial charge < -0.3 is 0 Å². The van der Waals surface area contributed by atoms with Crippen LogP contribution in [0.25, 0.3) is 0 Å². The van der Waals surface area contributed by atoms with E-state index in [0.29, 0.717) is 11.8 Å². The van der Waals surface area contributed by atoms with Gasteiger partial charge in [0.15, 0.2) is 0 Å². The molecule has 0 unspecified atom stereocenters. The first-order valence-electron chi connectivity index (χ1n) is 6.75. The zero-order valence-electron chi connectivity index (χ0n) is 11.4. The zero-order valence-corrected chi connectivity index (χ0v) is 15.7. The average molecular weight is 337 g/mol. The van der Waals surface area contributed by atoms with Crippen LogP contribution in [0.4, 0.5) is 0 Å². The molecule has 0 N–H and O–H groups in total. The number of hydrogen-bond acceptors (Lipinski definition) is 0. The van der Waals surface area contributed by atoms with E-state index in [2.05, 4.69) is 59.9 Å². The maximum absolute atomic E-state index is 5.97. The Morgan fingerprint density at radius 2 is 1.10 bits per heavy atom. The summed E-state index contributed by atoms with van der Waals surface area (Å²) >= 11 is 11.9. The number of halogens is 2. The highest BCUT2D eigenvalue weighted by Crippen LogP contribution is 2.01. The summed E-state index contributed by atoms with van der Waals surface area (Å²) in [5.41, 5.74) is 7.38. The molecule has 0 nitrogen and oxygen atoms in total. The smallest absolute Gasteiger partial charge is 0.0778 e. The van der Waals surface area contributed by atoms with Crippen molar-refractivity contribution in [2.24, 2.45) is 0 Å². The van der Waals surface area contributed by atoms with Crippen molar-refractivity contribution >= 4 is 52.6 Å². The quantitative estimate of drug-likeness (QED) is 0.558. The van der Waals surface area contributed by atoms with E-state index in [-0.39, 0.29) is 19.0 Å². The highest BCUT2D eigenvalue weighted by Gasteiger charge is 2.00. The van der Waals surface area contributed by atoms with Gasteiger partial charge in [-0.2, -0.15) is 0 Å². The Morgan fingerprint density at radius 1 is 0.700 bits per heavy atom. The van der Waals surface area contributed by atoms with Gasteiger partial charge in [-0.15, -0.1) is 34.6 Å². The zero-order chi connectivity index (χ0) is 14.2. The molecule has 0 bridgehead atoms. The van der Waals surface area contributed by atoms with E-state index >= 15 is 0 Å². The third kappa shape index (κ3) is 4.35. The molecule has 0 aliphatic carbocycles. The first-order valence-corrected chi connectivity index (χ1v) is 10.9. The van der Waals surface area contributed by atoms with Crippen LogP contribution in [0, 0.1) is 0 Å². The minimum atomic E-state index is -0.349. The van der Waals surface area contributed by atoms with Gasteiger partial charge in [-0.25, -0.2) is 0 Å². The number of alkyl halides is 2. The minimum Gasteiger partial charge on any atom is -0.122 e. The average Bonchev–Trinajstić information content (AvgIpc) is 2.52. The van der Waals surface area contributed by atoms with Gasteiger partial charge in [0.05, 0.1) is 19.0 Å². The van der Waals surface area contributed by atoms with Crippen LogP contribution < -0.4 is 10.4 Å². The summed E-state index contributed by atoms with van der Waals surface area (Å²) in [6, 6.07) is 17.0. The molecule has 104 valence electrons. The number of rotatable bonds is 6. The summed E-state index contributed by atoms with van der Waals surface area (Å²) in [4.78, 5) is 0. The maximum Gasteiger partial charge on any atom is 0.0778 e. The molecule has 20 heavy (non-hydrogen) atoms. The first-order chi connectivity index (χ1) is 9.85. The van der Waals surface area contributed by atoms with E-state index in [9.17, 15) is 0 Å². The van der Waals surface area contributed by atoms with Gasteiger partial charge in [0.25, 0.3) is 0 Å². The second-order valence-electron chi connectivity index (χ2n) is 4.68. The lowest BCUT2D eigenvalue weighted by Crippen LogP contribution is -2.19. The molecule has 0 saturated heterocycles. The standard InChI is InChI=1S/C16H18Cl2Si2/c17-11-13-5-1-3-7-15(13)19-9-10-20-16-8-4-2-6-14(16)12-18/h1-10H,11-12,19-20H2. The third-order valence-corrected chi connectivity index (χ3v) is 8.01. The second-order valence-corrected chi connectivity index (χ2v) is 8.50. The van der Waals surface area contributed by atoms with Gasteiger partial charge in [-0.05, 0) is 11.1 Å². The van der Waals surface area contributed by atoms with Crippen LogP contribution in [0.3, 0.4) is 0 Å². The molecule has 0 saturated carbocycles. The molecule has 0 fully saturated rings. The number of hydrogen-bond donors (Lipinski definition) is 0. The Hall–Kier alpha value is -0.806. The van der Waals surface area contributed by atoms with Crippen molar-refractivity contribution in [2.75, 3.05) is 0 Å². The van der Waals surface area contributed by atoms with Crippen LogP contribution in [0.1, 0.15) is 11.1 Å². The predicted octanol–water partition coefficient (Wildman–Crippen LogP) is 1.92.